The van der Waals surface area contributed by atoms with Crippen LogP contribution in [0.2, 0.25) is 0 Å². The molecule has 1 fully saturated rings. The van der Waals surface area contributed by atoms with E-state index >= 15 is 0 Å². The van der Waals surface area contributed by atoms with E-state index in [1.807, 2.05) is 30.3 Å². The van der Waals surface area contributed by atoms with Gasteiger partial charge in [0, 0.05) is 17.5 Å². The highest BCUT2D eigenvalue weighted by molar-refractivity contribution is 7.90. The molecule has 0 spiro atoms. The number of aromatic amines is 1. The number of hydrogen-bond donors (Lipinski definition) is 2. The van der Waals surface area contributed by atoms with Crippen molar-refractivity contribution in [3.8, 4) is 11.3 Å². The molecule has 0 unspecified atom stereocenters. The summed E-state index contributed by atoms with van der Waals surface area (Å²) in [5.74, 6) is -0.248. The Labute approximate surface area is 148 Å². The number of halogens is 1. The van der Waals surface area contributed by atoms with Gasteiger partial charge >= 0.3 is 0 Å². The van der Waals surface area contributed by atoms with Gasteiger partial charge in [-0.2, -0.15) is 5.10 Å². The number of sulfonamides is 1. The third-order valence-corrected chi connectivity index (χ3v) is 6.77. The highest BCUT2D eigenvalue weighted by Gasteiger charge is 2.30. The monoisotopic (exact) mass is 365 g/mol. The van der Waals surface area contributed by atoms with Gasteiger partial charge in [0.25, 0.3) is 0 Å². The molecule has 1 aliphatic carbocycles. The van der Waals surface area contributed by atoms with Crippen molar-refractivity contribution in [2.75, 3.05) is 0 Å². The maximum atomic E-state index is 14.8. The first-order valence-electron chi connectivity index (χ1n) is 8.69. The quantitative estimate of drug-likeness (QED) is 0.850. The fourth-order valence-corrected chi connectivity index (χ4v) is 4.24. The van der Waals surface area contributed by atoms with E-state index in [4.69, 9.17) is 0 Å². The van der Waals surface area contributed by atoms with E-state index in [9.17, 15) is 12.8 Å². The molecule has 0 saturated heterocycles. The number of aromatic nitrogens is 2. The number of hydrogen-bond acceptors (Lipinski definition) is 3. The second-order valence-corrected chi connectivity index (χ2v) is 9.19. The summed E-state index contributed by atoms with van der Waals surface area (Å²) in [4.78, 5) is 0. The molecule has 2 N–H and O–H groups in total. The van der Waals surface area contributed by atoms with Crippen LogP contribution in [0.3, 0.4) is 0 Å². The van der Waals surface area contributed by atoms with Crippen molar-refractivity contribution in [1.29, 1.82) is 0 Å². The molecule has 3 rings (SSSR count). The average Bonchev–Trinajstić information content (AvgIpc) is 2.97. The second kappa shape index (κ2) is 7.25. The minimum Gasteiger partial charge on any atom is -0.279 e. The molecule has 0 amide bonds. The maximum absolute atomic E-state index is 14.8. The Hall–Kier alpha value is -1.73. The summed E-state index contributed by atoms with van der Waals surface area (Å²) in [5, 5.41) is 6.57. The largest absolute Gasteiger partial charge is 0.279 e. The molecule has 0 atom stereocenters. The van der Waals surface area contributed by atoms with Crippen molar-refractivity contribution in [3.05, 3.63) is 41.8 Å². The number of H-pyrrole nitrogens is 1. The number of rotatable bonds is 5. The standard InChI is InChI=1S/C18H24FN3O2S/c1-12(2)25(23,24)22-15-10-8-14(9-11-15)18-16(19)17(20-21-18)13-6-4-3-5-7-13/h3-7,12,14-15,22H,8-11H2,1-2H3,(H,20,21)/t14-,15-. The van der Waals surface area contributed by atoms with Crippen molar-refractivity contribution >= 4 is 10.0 Å². The smallest absolute Gasteiger partial charge is 0.214 e. The first kappa shape index (κ1) is 18.1. The Morgan fingerprint density at radius 1 is 1.16 bits per heavy atom. The van der Waals surface area contributed by atoms with Crippen LogP contribution in [0.15, 0.2) is 30.3 Å². The highest BCUT2D eigenvalue weighted by atomic mass is 32.2. The molecule has 7 heteroatoms. The van der Waals surface area contributed by atoms with Gasteiger partial charge in [-0.25, -0.2) is 17.5 Å². The van der Waals surface area contributed by atoms with E-state index < -0.39 is 15.3 Å². The van der Waals surface area contributed by atoms with Gasteiger partial charge in [-0.05, 0) is 39.5 Å². The maximum Gasteiger partial charge on any atom is 0.214 e. The lowest BCUT2D eigenvalue weighted by molar-refractivity contribution is 0.362. The summed E-state index contributed by atoms with van der Waals surface area (Å²) in [5.41, 5.74) is 1.63. The minimum atomic E-state index is -3.26. The first-order chi connectivity index (χ1) is 11.9. The Morgan fingerprint density at radius 3 is 2.40 bits per heavy atom. The fourth-order valence-electron chi connectivity index (χ4n) is 3.27. The topological polar surface area (TPSA) is 74.8 Å². The van der Waals surface area contributed by atoms with Crippen molar-refractivity contribution in [2.45, 2.75) is 56.7 Å². The van der Waals surface area contributed by atoms with Gasteiger partial charge in [-0.3, -0.25) is 5.10 Å². The van der Waals surface area contributed by atoms with Crippen LogP contribution >= 0.6 is 0 Å². The fraction of sp³-hybridized carbons (Fsp3) is 0.500. The number of benzene rings is 1. The molecular weight excluding hydrogens is 341 g/mol. The predicted molar refractivity (Wildman–Crippen MR) is 96.2 cm³/mol. The van der Waals surface area contributed by atoms with Gasteiger partial charge in [-0.15, -0.1) is 0 Å². The van der Waals surface area contributed by atoms with E-state index in [1.165, 1.54) is 0 Å². The van der Waals surface area contributed by atoms with Crippen molar-refractivity contribution in [2.24, 2.45) is 0 Å². The zero-order valence-corrected chi connectivity index (χ0v) is 15.3. The SMILES string of the molecule is CC(C)S(=O)(=O)N[C@H]1CC[C@H](c2[nH]nc(-c3ccccc3)c2F)CC1. The number of nitrogens with one attached hydrogen (secondary N) is 2. The molecule has 0 bridgehead atoms. The van der Waals surface area contributed by atoms with Crippen molar-refractivity contribution in [3.63, 3.8) is 0 Å². The molecule has 1 aliphatic rings. The van der Waals surface area contributed by atoms with E-state index in [-0.39, 0.29) is 17.8 Å². The van der Waals surface area contributed by atoms with Gasteiger partial charge < -0.3 is 0 Å². The molecule has 5 nitrogen and oxygen atoms in total. The summed E-state index contributed by atoms with van der Waals surface area (Å²) < 4.78 is 41.5. The normalized spacial score (nSPS) is 21.6. The summed E-state index contributed by atoms with van der Waals surface area (Å²) in [6, 6.07) is 9.20. The van der Waals surface area contributed by atoms with Crippen LogP contribution in [0.4, 0.5) is 4.39 Å². The van der Waals surface area contributed by atoms with Crippen LogP contribution in [0.5, 0.6) is 0 Å². The van der Waals surface area contributed by atoms with Crippen LogP contribution in [0.1, 0.15) is 51.1 Å². The average molecular weight is 365 g/mol. The Kier molecular flexibility index (Phi) is 5.24. The zero-order valence-electron chi connectivity index (χ0n) is 14.5. The highest BCUT2D eigenvalue weighted by Crippen LogP contribution is 2.35. The van der Waals surface area contributed by atoms with Gasteiger partial charge in [0.2, 0.25) is 10.0 Å². The molecule has 0 radical (unpaired) electrons. The third kappa shape index (κ3) is 3.93. The van der Waals surface area contributed by atoms with Crippen LogP contribution in [-0.2, 0) is 10.0 Å². The van der Waals surface area contributed by atoms with Crippen molar-refractivity contribution in [1.82, 2.24) is 14.9 Å². The molecule has 136 valence electrons. The molecule has 1 saturated carbocycles. The second-order valence-electron chi connectivity index (χ2n) is 6.93. The van der Waals surface area contributed by atoms with E-state index in [0.717, 1.165) is 18.4 Å². The van der Waals surface area contributed by atoms with E-state index in [0.29, 0.717) is 24.2 Å². The van der Waals surface area contributed by atoms with Crippen molar-refractivity contribution < 1.29 is 12.8 Å². The molecule has 1 aromatic heterocycles. The van der Waals surface area contributed by atoms with Crippen LogP contribution < -0.4 is 4.72 Å². The zero-order chi connectivity index (χ0) is 18.0. The lowest BCUT2D eigenvalue weighted by Gasteiger charge is -2.28. The Bertz CT molecular complexity index is 810. The lowest BCUT2D eigenvalue weighted by Crippen LogP contribution is -2.40. The predicted octanol–water partition coefficient (Wildman–Crippen LogP) is 3.57. The summed E-state index contributed by atoms with van der Waals surface area (Å²) in [7, 11) is -3.26. The Balaban J connectivity index is 1.67. The lowest BCUT2D eigenvalue weighted by atomic mass is 9.84. The van der Waals surface area contributed by atoms with Gasteiger partial charge in [0.1, 0.15) is 5.69 Å². The van der Waals surface area contributed by atoms with Gasteiger partial charge in [0.15, 0.2) is 5.82 Å². The summed E-state index contributed by atoms with van der Waals surface area (Å²) >= 11 is 0. The summed E-state index contributed by atoms with van der Waals surface area (Å²) in [6.07, 6.45) is 2.88. The van der Waals surface area contributed by atoms with Crippen LogP contribution in [0, 0.1) is 5.82 Å². The molecule has 0 aliphatic heterocycles. The van der Waals surface area contributed by atoms with E-state index in [2.05, 4.69) is 14.9 Å². The van der Waals surface area contributed by atoms with Gasteiger partial charge in [-0.1, -0.05) is 30.3 Å². The van der Waals surface area contributed by atoms with Gasteiger partial charge in [0.05, 0.1) is 10.9 Å². The Morgan fingerprint density at radius 2 is 1.80 bits per heavy atom. The third-order valence-electron chi connectivity index (χ3n) is 4.87. The molecule has 1 aromatic carbocycles. The molecule has 1 heterocycles. The molecular formula is C18H24FN3O2S. The van der Waals surface area contributed by atoms with E-state index in [1.54, 1.807) is 13.8 Å². The first-order valence-corrected chi connectivity index (χ1v) is 10.2. The van der Waals surface area contributed by atoms with Crippen LogP contribution in [0.25, 0.3) is 11.3 Å². The van der Waals surface area contributed by atoms with Crippen LogP contribution in [-0.4, -0.2) is 29.9 Å². The summed E-state index contributed by atoms with van der Waals surface area (Å²) in [6.45, 7) is 3.33. The minimum absolute atomic E-state index is 0.0461. The molecule has 25 heavy (non-hydrogen) atoms. The molecule has 2 aromatic rings. The number of nitrogens with zero attached hydrogens (tertiary/aromatic N) is 1.